The highest BCUT2D eigenvalue weighted by Crippen LogP contribution is 2.47. The lowest BCUT2D eigenvalue weighted by Crippen LogP contribution is -2.58. The Morgan fingerprint density at radius 1 is 1.07 bits per heavy atom. The van der Waals surface area contributed by atoms with Gasteiger partial charge >= 0.3 is 13.5 Å². The molecule has 3 fully saturated rings. The Morgan fingerprint density at radius 3 is 2.64 bits per heavy atom. The molecule has 292 valence electrons. The summed E-state index contributed by atoms with van der Waals surface area (Å²) >= 11 is 1.29. The molecule has 2 aromatic carbocycles. The Hall–Kier alpha value is -5.16. The smallest absolute Gasteiger partial charge is 0.323 e. The summed E-state index contributed by atoms with van der Waals surface area (Å²) in [6, 6.07) is 17.3. The number of para-hydroxylation sites is 1. The maximum atomic E-state index is 14.3. The molecule has 1 unspecified atom stereocenters. The lowest BCUT2D eigenvalue weighted by Gasteiger charge is -2.41. The van der Waals surface area contributed by atoms with E-state index in [9.17, 15) is 29.0 Å². The predicted molar refractivity (Wildman–Crippen MR) is 209 cm³/mol. The van der Waals surface area contributed by atoms with Crippen LogP contribution in [0.25, 0.3) is 10.1 Å². The molecule has 16 heteroatoms. The van der Waals surface area contributed by atoms with Gasteiger partial charge in [0.1, 0.15) is 41.5 Å². The van der Waals surface area contributed by atoms with Crippen molar-refractivity contribution in [3.05, 3.63) is 88.8 Å². The van der Waals surface area contributed by atoms with Crippen molar-refractivity contribution in [2.45, 2.75) is 88.6 Å². The van der Waals surface area contributed by atoms with Gasteiger partial charge in [0, 0.05) is 30.0 Å². The van der Waals surface area contributed by atoms with Crippen molar-refractivity contribution in [3.8, 4) is 11.8 Å². The fourth-order valence-electron chi connectivity index (χ4n) is 7.61. The molecule has 4 aromatic rings. The first-order valence-electron chi connectivity index (χ1n) is 19.0. The van der Waals surface area contributed by atoms with E-state index in [1.54, 1.807) is 59.3 Å². The Kier molecular flexibility index (Phi) is 11.8. The molecule has 3 aliphatic rings. The minimum absolute atomic E-state index is 0.0334. The Morgan fingerprint density at radius 2 is 1.88 bits per heavy atom. The molecule has 0 spiro atoms. The maximum Gasteiger partial charge on any atom is 0.323 e. The fourth-order valence-corrected chi connectivity index (χ4v) is 10.6. The van der Waals surface area contributed by atoms with Crippen molar-refractivity contribution in [3.63, 3.8) is 0 Å². The van der Waals surface area contributed by atoms with Crippen molar-refractivity contribution in [1.29, 1.82) is 5.26 Å². The van der Waals surface area contributed by atoms with Gasteiger partial charge in [-0.1, -0.05) is 31.2 Å². The molecule has 3 aliphatic heterocycles. The number of rotatable bonds is 13. The van der Waals surface area contributed by atoms with Crippen molar-refractivity contribution in [2.24, 2.45) is 0 Å². The number of hydrogen-bond donors (Lipinski definition) is 2. The SMILES string of the molecule is CCCOC(=O)[C@H](C)NP(=O)(Cc1ccc2sc(C(=O)N[C@H]3CCC[C@H]4CC[C@@H](C(=O)N5CC(c6nccc(C#N)n6)C5)N4C3=O)cc2c1)Oc1ccccc1. The molecule has 2 aromatic heterocycles. The maximum absolute atomic E-state index is 14.3. The van der Waals surface area contributed by atoms with Crippen LogP contribution in [0.15, 0.2) is 66.9 Å². The van der Waals surface area contributed by atoms with Gasteiger partial charge in [0.05, 0.1) is 23.6 Å². The van der Waals surface area contributed by atoms with Crippen LogP contribution in [0.4, 0.5) is 0 Å². The number of carbonyl (C=O) groups is 4. The van der Waals surface area contributed by atoms with Crippen molar-refractivity contribution in [2.75, 3.05) is 19.7 Å². The quantitative estimate of drug-likeness (QED) is 0.128. The van der Waals surface area contributed by atoms with Crippen LogP contribution < -0.4 is 14.9 Å². The number of nitriles is 1. The van der Waals surface area contributed by atoms with E-state index in [1.807, 2.05) is 37.3 Å². The van der Waals surface area contributed by atoms with E-state index in [0.717, 1.165) is 29.3 Å². The summed E-state index contributed by atoms with van der Waals surface area (Å²) in [6.07, 6.45) is 5.44. The van der Waals surface area contributed by atoms with Crippen LogP contribution in [0.1, 0.15) is 85.0 Å². The fraction of sp³-hybridized carbons (Fsp3) is 0.425. The second kappa shape index (κ2) is 16.9. The van der Waals surface area contributed by atoms with E-state index >= 15 is 0 Å². The molecule has 0 aliphatic carbocycles. The molecule has 56 heavy (non-hydrogen) atoms. The van der Waals surface area contributed by atoms with Crippen LogP contribution in [0.3, 0.4) is 0 Å². The molecule has 0 radical (unpaired) electrons. The van der Waals surface area contributed by atoms with Crippen LogP contribution in [0, 0.1) is 11.3 Å². The first-order chi connectivity index (χ1) is 27.0. The molecule has 0 saturated carbocycles. The lowest BCUT2D eigenvalue weighted by molar-refractivity contribution is -0.148. The van der Waals surface area contributed by atoms with E-state index in [-0.39, 0.29) is 48.1 Å². The molecule has 3 saturated heterocycles. The third-order valence-corrected chi connectivity index (χ3v) is 13.6. The van der Waals surface area contributed by atoms with Gasteiger partial charge in [-0.2, -0.15) is 5.26 Å². The minimum atomic E-state index is -3.69. The number of nitrogens with one attached hydrogen (secondary N) is 2. The average molecular weight is 798 g/mol. The van der Waals surface area contributed by atoms with Crippen LogP contribution in [-0.4, -0.2) is 87.3 Å². The van der Waals surface area contributed by atoms with E-state index in [1.165, 1.54) is 11.3 Å². The van der Waals surface area contributed by atoms with Crippen molar-refractivity contribution < 1.29 is 33.0 Å². The van der Waals surface area contributed by atoms with Crippen LogP contribution in [-0.2, 0) is 29.8 Å². The van der Waals surface area contributed by atoms with Gasteiger partial charge < -0.3 is 24.4 Å². The number of likely N-dealkylation sites (tertiary alicyclic amines) is 1. The molecule has 3 amide bonds. The van der Waals surface area contributed by atoms with Gasteiger partial charge in [-0.3, -0.25) is 23.7 Å². The first kappa shape index (κ1) is 39.1. The average Bonchev–Trinajstić information content (AvgIpc) is 3.77. The Labute approximate surface area is 329 Å². The van der Waals surface area contributed by atoms with E-state index in [0.29, 0.717) is 54.4 Å². The van der Waals surface area contributed by atoms with E-state index in [4.69, 9.17) is 9.26 Å². The monoisotopic (exact) mass is 797 g/mol. The number of thiophene rings is 1. The number of nitrogens with zero attached hydrogens (tertiary/aromatic N) is 5. The van der Waals surface area contributed by atoms with Crippen LogP contribution in [0.2, 0.25) is 0 Å². The Bertz CT molecular complexity index is 2210. The van der Waals surface area contributed by atoms with Gasteiger partial charge in [-0.25, -0.2) is 15.1 Å². The number of amides is 3. The summed E-state index contributed by atoms with van der Waals surface area (Å²) in [6.45, 7) is 4.58. The third kappa shape index (κ3) is 8.63. The number of benzene rings is 2. The number of aromatic nitrogens is 2. The summed E-state index contributed by atoms with van der Waals surface area (Å²) in [7, 11) is -3.69. The zero-order chi connectivity index (χ0) is 39.4. The normalized spacial score (nSPS) is 21.2. The van der Waals surface area contributed by atoms with Crippen LogP contribution >= 0.6 is 18.9 Å². The minimum Gasteiger partial charge on any atom is -0.465 e. The lowest BCUT2D eigenvalue weighted by atomic mass is 9.97. The Balaban J connectivity index is 1.01. The van der Waals surface area contributed by atoms with Gasteiger partial charge in [-0.15, -0.1) is 11.3 Å². The topological polar surface area (TPSA) is 184 Å². The summed E-state index contributed by atoms with van der Waals surface area (Å²) in [4.78, 5) is 66.5. The van der Waals surface area contributed by atoms with Crippen molar-refractivity contribution in [1.82, 2.24) is 30.2 Å². The van der Waals surface area contributed by atoms with E-state index < -0.39 is 31.6 Å². The standard InChI is InChI=1S/C40H44N7O7PS/c1-3-18-53-40(51)25(2)45-55(52,54-31-9-5-4-6-10-31)24-26-12-15-34-27(19-26)20-35(56-34)37(48)44-32-11-7-8-30-13-14-33(47(30)38(32)49)39(50)46-22-28(23-46)36-42-17-16-29(21-41)43-36/h4-6,9-10,12,15-17,19-20,25,28,30,32-33H,3,7-8,11,13-14,18,22-24H2,1-2H3,(H,44,48)(H,45,52)/t25-,30-,32-,33-,55?/m0/s1. The third-order valence-electron chi connectivity index (χ3n) is 10.4. The number of hydrogen-bond acceptors (Lipinski definition) is 11. The number of esters is 1. The number of fused-ring (bicyclic) bond motifs is 2. The zero-order valence-corrected chi connectivity index (χ0v) is 33.0. The van der Waals surface area contributed by atoms with Crippen LogP contribution in [0.5, 0.6) is 5.75 Å². The largest absolute Gasteiger partial charge is 0.465 e. The molecule has 0 bridgehead atoms. The highest BCUT2D eigenvalue weighted by molar-refractivity contribution is 7.56. The predicted octanol–water partition coefficient (Wildman–Crippen LogP) is 5.53. The van der Waals surface area contributed by atoms with E-state index in [2.05, 4.69) is 20.4 Å². The summed E-state index contributed by atoms with van der Waals surface area (Å²) < 4.78 is 26.4. The van der Waals surface area contributed by atoms with Crippen molar-refractivity contribution >= 4 is 52.6 Å². The molecular formula is C40H44N7O7PS. The van der Waals surface area contributed by atoms with Gasteiger partial charge in [0.15, 0.2) is 0 Å². The molecule has 5 atom stereocenters. The molecule has 14 nitrogen and oxygen atoms in total. The van der Waals surface area contributed by atoms with Gasteiger partial charge in [0.25, 0.3) is 5.91 Å². The highest BCUT2D eigenvalue weighted by Gasteiger charge is 2.48. The molecule has 2 N–H and O–H groups in total. The zero-order valence-electron chi connectivity index (χ0n) is 31.3. The second-order valence-electron chi connectivity index (χ2n) is 14.5. The van der Waals surface area contributed by atoms with Gasteiger partial charge in [0.2, 0.25) is 11.8 Å². The second-order valence-corrected chi connectivity index (χ2v) is 17.7. The number of ether oxygens (including phenoxy) is 1. The molecule has 7 rings (SSSR count). The molecular weight excluding hydrogens is 754 g/mol. The summed E-state index contributed by atoms with van der Waals surface area (Å²) in [5.41, 5.74) is 0.958. The summed E-state index contributed by atoms with van der Waals surface area (Å²) in [5.74, 6) is -0.396. The van der Waals surface area contributed by atoms with Gasteiger partial charge in [-0.05, 0) is 92.8 Å². The number of carbonyl (C=O) groups excluding carboxylic acids is 4. The molecule has 5 heterocycles. The summed E-state index contributed by atoms with van der Waals surface area (Å²) in [5, 5.41) is 15.8. The highest BCUT2D eigenvalue weighted by atomic mass is 32.1. The first-order valence-corrected chi connectivity index (χ1v) is 21.6.